The molecule has 0 radical (unpaired) electrons. The largest absolute Gasteiger partial charge is 0.348 e. The average molecular weight is 343 g/mol. The highest BCUT2D eigenvalue weighted by Gasteiger charge is 2.40. The quantitative estimate of drug-likeness (QED) is 0.874. The molecule has 2 fully saturated rings. The molecule has 1 aromatic rings. The van der Waals surface area contributed by atoms with Crippen LogP contribution in [0.25, 0.3) is 0 Å². The number of hydrogen-bond donors (Lipinski definition) is 2. The predicted octanol–water partition coefficient (Wildman–Crippen LogP) is 3.93. The third-order valence-electron chi connectivity index (χ3n) is 5.20. The van der Waals surface area contributed by atoms with Gasteiger partial charge in [-0.1, -0.05) is 20.3 Å². The minimum atomic E-state index is 0. The van der Waals surface area contributed by atoms with Gasteiger partial charge >= 0.3 is 0 Å². The van der Waals surface area contributed by atoms with Crippen LogP contribution in [0.4, 0.5) is 0 Å². The van der Waals surface area contributed by atoms with Gasteiger partial charge in [-0.25, -0.2) is 0 Å². The van der Waals surface area contributed by atoms with Gasteiger partial charge in [0.2, 0.25) is 0 Å². The standard InChI is InChI=1S/C17H26N2OS.ClH/c1-10(2)14-6-7-21-16(14)17(20)19-15-11-4-3-5-12(15)9-13(18)8-11;/h6-7,10-13,15H,3-5,8-9,18H2,1-2H3,(H,19,20);1H. The van der Waals surface area contributed by atoms with Crippen molar-refractivity contribution in [2.24, 2.45) is 17.6 Å². The van der Waals surface area contributed by atoms with E-state index in [9.17, 15) is 4.79 Å². The maximum atomic E-state index is 12.7. The van der Waals surface area contributed by atoms with Crippen LogP contribution in [0.5, 0.6) is 0 Å². The van der Waals surface area contributed by atoms with Crippen LogP contribution in [0, 0.1) is 11.8 Å². The lowest BCUT2D eigenvalue weighted by atomic mass is 9.67. The number of thiophene rings is 1. The van der Waals surface area contributed by atoms with Gasteiger partial charge in [0, 0.05) is 12.1 Å². The monoisotopic (exact) mass is 342 g/mol. The van der Waals surface area contributed by atoms with E-state index in [1.807, 2.05) is 5.38 Å². The Balaban J connectivity index is 0.00000176. The van der Waals surface area contributed by atoms with E-state index in [4.69, 9.17) is 5.73 Å². The van der Waals surface area contributed by atoms with E-state index in [0.717, 1.165) is 17.7 Å². The van der Waals surface area contributed by atoms with Gasteiger partial charge in [0.1, 0.15) is 0 Å². The second-order valence-corrected chi connectivity index (χ2v) is 7.96. The third-order valence-corrected chi connectivity index (χ3v) is 6.13. The van der Waals surface area contributed by atoms with Crippen molar-refractivity contribution in [3.63, 3.8) is 0 Å². The Morgan fingerprint density at radius 1 is 1.32 bits per heavy atom. The van der Waals surface area contributed by atoms with Crippen molar-refractivity contribution in [2.45, 2.75) is 64.0 Å². The summed E-state index contributed by atoms with van der Waals surface area (Å²) in [5.41, 5.74) is 7.34. The summed E-state index contributed by atoms with van der Waals surface area (Å²) in [4.78, 5) is 13.6. The van der Waals surface area contributed by atoms with Crippen LogP contribution < -0.4 is 11.1 Å². The zero-order valence-electron chi connectivity index (χ0n) is 13.4. The first kappa shape index (κ1) is 17.8. The van der Waals surface area contributed by atoms with Crippen molar-refractivity contribution >= 4 is 29.7 Å². The first-order valence-corrected chi connectivity index (χ1v) is 9.08. The summed E-state index contributed by atoms with van der Waals surface area (Å²) >= 11 is 1.57. The molecule has 1 aromatic heterocycles. The van der Waals surface area contributed by atoms with Crippen LogP contribution in [-0.4, -0.2) is 18.0 Å². The van der Waals surface area contributed by atoms with Gasteiger partial charge in [-0.05, 0) is 60.4 Å². The SMILES string of the molecule is CC(C)c1ccsc1C(=O)NC1C2CCCC1CC(N)C2.Cl. The average Bonchev–Trinajstić information content (AvgIpc) is 2.89. The van der Waals surface area contributed by atoms with Gasteiger partial charge in [-0.15, -0.1) is 23.7 Å². The Bertz CT molecular complexity index is 503. The Hall–Kier alpha value is -0.580. The van der Waals surface area contributed by atoms with Crippen LogP contribution in [0.1, 0.15) is 67.1 Å². The lowest BCUT2D eigenvalue weighted by Gasteiger charge is -2.45. The van der Waals surface area contributed by atoms with E-state index in [1.165, 1.54) is 24.8 Å². The van der Waals surface area contributed by atoms with Crippen LogP contribution in [0.3, 0.4) is 0 Å². The molecule has 0 spiro atoms. The van der Waals surface area contributed by atoms with Gasteiger partial charge in [0.15, 0.2) is 0 Å². The first-order valence-electron chi connectivity index (χ1n) is 8.20. The van der Waals surface area contributed by atoms with E-state index < -0.39 is 0 Å². The van der Waals surface area contributed by atoms with Crippen LogP contribution in [-0.2, 0) is 0 Å². The highest BCUT2D eigenvalue weighted by Crippen LogP contribution is 2.40. The fraction of sp³-hybridized carbons (Fsp3) is 0.706. The maximum Gasteiger partial charge on any atom is 0.261 e. The molecule has 1 amide bonds. The maximum absolute atomic E-state index is 12.7. The Morgan fingerprint density at radius 2 is 1.95 bits per heavy atom. The second kappa shape index (κ2) is 7.33. The van der Waals surface area contributed by atoms with Gasteiger partial charge in [-0.2, -0.15) is 0 Å². The third kappa shape index (κ3) is 3.50. The Labute approximate surface area is 143 Å². The van der Waals surface area contributed by atoms with E-state index in [-0.39, 0.29) is 18.3 Å². The molecule has 22 heavy (non-hydrogen) atoms. The number of carbonyl (C=O) groups is 1. The highest BCUT2D eigenvalue weighted by atomic mass is 35.5. The molecular weight excluding hydrogens is 316 g/mol. The van der Waals surface area contributed by atoms with E-state index in [1.54, 1.807) is 11.3 Å². The molecule has 0 aliphatic heterocycles. The van der Waals surface area contributed by atoms with Crippen LogP contribution in [0.15, 0.2) is 11.4 Å². The summed E-state index contributed by atoms with van der Waals surface area (Å²) in [6.45, 7) is 4.29. The van der Waals surface area contributed by atoms with Crippen molar-refractivity contribution < 1.29 is 4.79 Å². The molecule has 5 heteroatoms. The van der Waals surface area contributed by atoms with E-state index in [2.05, 4.69) is 25.2 Å². The highest BCUT2D eigenvalue weighted by molar-refractivity contribution is 7.12. The fourth-order valence-corrected chi connectivity index (χ4v) is 5.16. The number of halogens is 1. The van der Waals surface area contributed by atoms with Gasteiger partial charge < -0.3 is 11.1 Å². The molecule has 3 nitrogen and oxygen atoms in total. The number of amides is 1. The molecule has 2 unspecified atom stereocenters. The first-order chi connectivity index (χ1) is 10.1. The molecule has 2 saturated carbocycles. The number of carbonyl (C=O) groups excluding carboxylic acids is 1. The zero-order valence-corrected chi connectivity index (χ0v) is 15.0. The molecule has 1 heterocycles. The molecule has 2 aliphatic carbocycles. The van der Waals surface area contributed by atoms with Crippen LogP contribution >= 0.6 is 23.7 Å². The number of rotatable bonds is 3. The molecular formula is C17H27ClN2OS. The molecule has 0 saturated heterocycles. The summed E-state index contributed by atoms with van der Waals surface area (Å²) in [7, 11) is 0. The Morgan fingerprint density at radius 3 is 2.55 bits per heavy atom. The fourth-order valence-electron chi connectivity index (χ4n) is 4.20. The van der Waals surface area contributed by atoms with Crippen molar-refractivity contribution in [1.29, 1.82) is 0 Å². The summed E-state index contributed by atoms with van der Waals surface area (Å²) in [5, 5.41) is 5.38. The topological polar surface area (TPSA) is 55.1 Å². The second-order valence-electron chi connectivity index (χ2n) is 7.04. The minimum Gasteiger partial charge on any atom is -0.348 e. The van der Waals surface area contributed by atoms with Gasteiger partial charge in [0.05, 0.1) is 4.88 Å². The van der Waals surface area contributed by atoms with Gasteiger partial charge in [0.25, 0.3) is 5.91 Å². The van der Waals surface area contributed by atoms with Crippen molar-refractivity contribution in [2.75, 3.05) is 0 Å². The summed E-state index contributed by atoms with van der Waals surface area (Å²) in [6, 6.07) is 2.76. The van der Waals surface area contributed by atoms with Crippen molar-refractivity contribution in [3.05, 3.63) is 21.9 Å². The summed E-state index contributed by atoms with van der Waals surface area (Å²) in [6.07, 6.45) is 5.88. The summed E-state index contributed by atoms with van der Waals surface area (Å²) in [5.74, 6) is 1.69. The van der Waals surface area contributed by atoms with Crippen LogP contribution in [0.2, 0.25) is 0 Å². The molecule has 2 bridgehead atoms. The molecule has 2 atom stereocenters. The smallest absolute Gasteiger partial charge is 0.261 e. The number of fused-ring (bicyclic) bond motifs is 2. The lowest BCUT2D eigenvalue weighted by Crippen LogP contribution is -2.53. The normalized spacial score (nSPS) is 30.7. The molecule has 3 rings (SSSR count). The molecule has 3 N–H and O–H groups in total. The van der Waals surface area contributed by atoms with Crippen molar-refractivity contribution in [3.8, 4) is 0 Å². The number of nitrogens with two attached hydrogens (primary N) is 1. The molecule has 124 valence electrons. The predicted molar refractivity (Wildman–Crippen MR) is 95.0 cm³/mol. The Kier molecular flexibility index (Phi) is 5.92. The number of nitrogens with one attached hydrogen (secondary N) is 1. The van der Waals surface area contributed by atoms with Gasteiger partial charge in [-0.3, -0.25) is 4.79 Å². The number of hydrogen-bond acceptors (Lipinski definition) is 3. The molecule has 2 aliphatic rings. The van der Waals surface area contributed by atoms with E-state index in [0.29, 0.717) is 29.8 Å². The lowest BCUT2D eigenvalue weighted by molar-refractivity contribution is 0.0758. The zero-order chi connectivity index (χ0) is 15.0. The minimum absolute atomic E-state index is 0. The summed E-state index contributed by atoms with van der Waals surface area (Å²) < 4.78 is 0. The van der Waals surface area contributed by atoms with E-state index >= 15 is 0 Å². The molecule has 0 aromatic carbocycles. The van der Waals surface area contributed by atoms with Crippen molar-refractivity contribution in [1.82, 2.24) is 5.32 Å².